The summed E-state index contributed by atoms with van der Waals surface area (Å²) in [6, 6.07) is 19.6. The highest BCUT2D eigenvalue weighted by Gasteiger charge is 2.44. The summed E-state index contributed by atoms with van der Waals surface area (Å²) in [6.07, 6.45) is 0. The number of likely N-dealkylation sites (N-methyl/N-ethyl adjacent to an activating group) is 1. The van der Waals surface area contributed by atoms with E-state index in [1.807, 2.05) is 60.7 Å². The van der Waals surface area contributed by atoms with Crippen molar-refractivity contribution in [2.45, 2.75) is 12.6 Å². The number of carbonyl (C=O) groups excluding carboxylic acids is 2. The van der Waals surface area contributed by atoms with Gasteiger partial charge in [0, 0.05) is 18.7 Å². The van der Waals surface area contributed by atoms with E-state index in [1.54, 1.807) is 13.1 Å². The monoisotopic (exact) mass is 347 g/mol. The number of imide groups is 1. The van der Waals surface area contributed by atoms with Crippen LogP contribution in [0.1, 0.15) is 17.3 Å². The topological polar surface area (TPSA) is 66.7 Å². The fourth-order valence-corrected chi connectivity index (χ4v) is 3.14. The van der Waals surface area contributed by atoms with Crippen LogP contribution in [0.3, 0.4) is 0 Å². The molecule has 1 saturated heterocycles. The maximum absolute atomic E-state index is 12.8. The zero-order valence-electron chi connectivity index (χ0n) is 14.2. The van der Waals surface area contributed by atoms with Crippen LogP contribution in [0.5, 0.6) is 0 Å². The van der Waals surface area contributed by atoms with Crippen molar-refractivity contribution in [1.29, 1.82) is 0 Å². The molecule has 1 aliphatic heterocycles. The molecule has 0 aliphatic carbocycles. The Morgan fingerprint density at radius 2 is 1.65 bits per heavy atom. The Hall–Kier alpha value is -3.41. The lowest BCUT2D eigenvalue weighted by molar-refractivity contribution is -0.128. The molecule has 2 aromatic carbocycles. The van der Waals surface area contributed by atoms with Gasteiger partial charge in [-0.2, -0.15) is 0 Å². The minimum absolute atomic E-state index is 0.0850. The summed E-state index contributed by atoms with van der Waals surface area (Å²) in [7, 11) is 1.64. The summed E-state index contributed by atoms with van der Waals surface area (Å²) in [5.41, 5.74) is 2.22. The summed E-state index contributed by atoms with van der Waals surface area (Å²) in [6.45, 7) is 0.0850. The highest BCUT2D eigenvalue weighted by Crippen LogP contribution is 2.30. The van der Waals surface area contributed by atoms with Gasteiger partial charge in [0.1, 0.15) is 11.7 Å². The second-order valence-electron chi connectivity index (χ2n) is 6.18. The molecule has 2 heterocycles. The van der Waals surface area contributed by atoms with E-state index in [-0.39, 0.29) is 18.5 Å². The Bertz CT molecular complexity index is 937. The van der Waals surface area contributed by atoms with Crippen molar-refractivity contribution in [1.82, 2.24) is 15.0 Å². The van der Waals surface area contributed by atoms with Crippen molar-refractivity contribution in [3.8, 4) is 11.3 Å². The molecule has 3 amide bonds. The van der Waals surface area contributed by atoms with E-state index >= 15 is 0 Å². The number of benzene rings is 2. The maximum Gasteiger partial charge on any atom is 0.327 e. The Morgan fingerprint density at radius 3 is 2.35 bits per heavy atom. The maximum atomic E-state index is 12.8. The standard InChI is InChI=1S/C20H17N3O3/c1-22-18(15-10-6-3-7-11-15)19(24)23(20(22)25)13-16-12-17(26-21-16)14-8-4-2-5-9-14/h2-12,18H,13H2,1H3. The molecule has 1 unspecified atom stereocenters. The second-order valence-corrected chi connectivity index (χ2v) is 6.18. The van der Waals surface area contributed by atoms with Gasteiger partial charge < -0.3 is 9.42 Å². The largest absolute Gasteiger partial charge is 0.356 e. The van der Waals surface area contributed by atoms with Crippen molar-refractivity contribution in [2.24, 2.45) is 0 Å². The van der Waals surface area contributed by atoms with Crippen LogP contribution in [-0.2, 0) is 11.3 Å². The molecule has 6 heteroatoms. The molecule has 1 aromatic heterocycles. The van der Waals surface area contributed by atoms with Gasteiger partial charge in [0.05, 0.1) is 6.54 Å². The molecule has 3 aromatic rings. The van der Waals surface area contributed by atoms with Crippen LogP contribution in [0.15, 0.2) is 71.3 Å². The minimum atomic E-state index is -0.607. The van der Waals surface area contributed by atoms with Gasteiger partial charge in [-0.1, -0.05) is 65.8 Å². The van der Waals surface area contributed by atoms with Crippen LogP contribution < -0.4 is 0 Å². The molecular weight excluding hydrogens is 330 g/mol. The van der Waals surface area contributed by atoms with E-state index in [0.717, 1.165) is 11.1 Å². The molecule has 0 spiro atoms. The zero-order chi connectivity index (χ0) is 18.1. The normalized spacial score (nSPS) is 17.2. The molecule has 1 atom stereocenters. The minimum Gasteiger partial charge on any atom is -0.356 e. The van der Waals surface area contributed by atoms with Gasteiger partial charge >= 0.3 is 6.03 Å². The zero-order valence-corrected chi connectivity index (χ0v) is 14.2. The van der Waals surface area contributed by atoms with Crippen LogP contribution in [0.25, 0.3) is 11.3 Å². The van der Waals surface area contributed by atoms with Crippen LogP contribution in [-0.4, -0.2) is 33.9 Å². The van der Waals surface area contributed by atoms with E-state index in [0.29, 0.717) is 11.5 Å². The number of hydrogen-bond acceptors (Lipinski definition) is 4. The lowest BCUT2D eigenvalue weighted by Crippen LogP contribution is -2.31. The summed E-state index contributed by atoms with van der Waals surface area (Å²) >= 11 is 0. The van der Waals surface area contributed by atoms with E-state index in [4.69, 9.17) is 4.52 Å². The van der Waals surface area contributed by atoms with Crippen LogP contribution >= 0.6 is 0 Å². The molecule has 0 N–H and O–H groups in total. The fraction of sp³-hybridized carbons (Fsp3) is 0.150. The van der Waals surface area contributed by atoms with Crippen LogP contribution in [0.2, 0.25) is 0 Å². The van der Waals surface area contributed by atoms with Gasteiger partial charge in [0.25, 0.3) is 5.91 Å². The van der Waals surface area contributed by atoms with E-state index < -0.39 is 6.04 Å². The Kier molecular flexibility index (Phi) is 4.01. The number of urea groups is 1. The number of hydrogen-bond donors (Lipinski definition) is 0. The number of aromatic nitrogens is 1. The lowest BCUT2D eigenvalue weighted by atomic mass is 10.1. The van der Waals surface area contributed by atoms with Crippen LogP contribution in [0, 0.1) is 0 Å². The first-order valence-corrected chi connectivity index (χ1v) is 8.29. The van der Waals surface area contributed by atoms with Crippen molar-refractivity contribution in [3.05, 3.63) is 78.0 Å². The third-order valence-corrected chi connectivity index (χ3v) is 4.47. The second kappa shape index (κ2) is 6.48. The van der Waals surface area contributed by atoms with Crippen molar-refractivity contribution < 1.29 is 14.1 Å². The first kappa shape index (κ1) is 16.1. The average Bonchev–Trinajstić information content (AvgIpc) is 3.23. The first-order chi connectivity index (χ1) is 12.6. The number of rotatable bonds is 4. The van der Waals surface area contributed by atoms with E-state index in [9.17, 15) is 9.59 Å². The molecule has 26 heavy (non-hydrogen) atoms. The number of carbonyl (C=O) groups is 2. The highest BCUT2D eigenvalue weighted by molar-refractivity contribution is 6.04. The van der Waals surface area contributed by atoms with Gasteiger partial charge in [-0.25, -0.2) is 4.79 Å². The third kappa shape index (κ3) is 2.75. The molecule has 1 fully saturated rings. The Labute approximate surface area is 150 Å². The SMILES string of the molecule is CN1C(=O)N(Cc2cc(-c3ccccc3)on2)C(=O)C1c1ccccc1. The molecule has 0 radical (unpaired) electrons. The predicted octanol–water partition coefficient (Wildman–Crippen LogP) is 3.48. The third-order valence-electron chi connectivity index (χ3n) is 4.47. The summed E-state index contributed by atoms with van der Waals surface area (Å²) in [4.78, 5) is 28.0. The molecule has 6 nitrogen and oxygen atoms in total. The number of nitrogens with zero attached hydrogens (tertiary/aromatic N) is 3. The smallest absolute Gasteiger partial charge is 0.327 e. The summed E-state index contributed by atoms with van der Waals surface area (Å²) in [5, 5.41) is 4.01. The van der Waals surface area contributed by atoms with Gasteiger partial charge in [-0.15, -0.1) is 0 Å². The van der Waals surface area contributed by atoms with Gasteiger partial charge in [-0.05, 0) is 5.56 Å². The van der Waals surface area contributed by atoms with Gasteiger partial charge in [0.2, 0.25) is 0 Å². The van der Waals surface area contributed by atoms with Crippen LogP contribution in [0.4, 0.5) is 4.79 Å². The van der Waals surface area contributed by atoms with E-state index in [1.165, 1.54) is 9.80 Å². The quantitative estimate of drug-likeness (QED) is 0.678. The summed E-state index contributed by atoms with van der Waals surface area (Å²) < 4.78 is 5.36. The van der Waals surface area contributed by atoms with E-state index in [2.05, 4.69) is 5.16 Å². The molecule has 1 aliphatic rings. The fourth-order valence-electron chi connectivity index (χ4n) is 3.14. The number of amides is 3. The van der Waals surface area contributed by atoms with Gasteiger partial charge in [0.15, 0.2) is 5.76 Å². The summed E-state index contributed by atoms with van der Waals surface area (Å²) in [5.74, 6) is 0.348. The lowest BCUT2D eigenvalue weighted by Gasteiger charge is -2.15. The molecule has 0 bridgehead atoms. The predicted molar refractivity (Wildman–Crippen MR) is 94.8 cm³/mol. The Balaban J connectivity index is 1.56. The first-order valence-electron chi connectivity index (χ1n) is 8.29. The molecule has 0 saturated carbocycles. The average molecular weight is 347 g/mol. The highest BCUT2D eigenvalue weighted by atomic mass is 16.5. The molecule has 4 rings (SSSR count). The molecular formula is C20H17N3O3. The molecule has 130 valence electrons. The van der Waals surface area contributed by atoms with Crippen molar-refractivity contribution in [2.75, 3.05) is 7.05 Å². The van der Waals surface area contributed by atoms with Crippen molar-refractivity contribution in [3.63, 3.8) is 0 Å². The Morgan fingerprint density at radius 1 is 1.00 bits per heavy atom. The van der Waals surface area contributed by atoms with Gasteiger partial charge in [-0.3, -0.25) is 9.69 Å². The van der Waals surface area contributed by atoms with Crippen molar-refractivity contribution >= 4 is 11.9 Å².